The third kappa shape index (κ3) is 3.19. The number of nitrogens with zero attached hydrogens (tertiary/aromatic N) is 4. The number of nitrogens with two attached hydrogens (primary N) is 2. The number of fused-ring (bicyclic) bond motifs is 1. The normalized spacial score (nSPS) is 17.6. The molecule has 8 nitrogen and oxygen atoms in total. The largest absolute Gasteiger partial charge is 0.383 e. The Hall–Kier alpha value is -2.90. The summed E-state index contributed by atoms with van der Waals surface area (Å²) in [6.07, 6.45) is 8.76. The van der Waals surface area contributed by atoms with Crippen molar-refractivity contribution in [2.75, 3.05) is 12.3 Å². The van der Waals surface area contributed by atoms with E-state index in [9.17, 15) is 0 Å². The number of nitrogens with one attached hydrogen (secondary N) is 2. The Morgan fingerprint density at radius 1 is 1.44 bits per heavy atom. The topological polar surface area (TPSA) is 132 Å². The molecule has 0 amide bonds. The van der Waals surface area contributed by atoms with Crippen LogP contribution in [-0.4, -0.2) is 32.3 Å². The molecule has 0 saturated heterocycles. The van der Waals surface area contributed by atoms with Gasteiger partial charge in [-0.2, -0.15) is 5.10 Å². The highest BCUT2D eigenvalue weighted by molar-refractivity contribution is 5.89. The maximum Gasteiger partial charge on any atom is 0.185 e. The van der Waals surface area contributed by atoms with E-state index in [-0.39, 0.29) is 11.9 Å². The molecule has 0 saturated carbocycles. The van der Waals surface area contributed by atoms with Crippen LogP contribution in [-0.2, 0) is 5.54 Å². The number of allylic oxidation sites excluding steroid dienone is 4. The van der Waals surface area contributed by atoms with Crippen LogP contribution < -0.4 is 16.8 Å². The van der Waals surface area contributed by atoms with Gasteiger partial charge < -0.3 is 16.8 Å². The third-order valence-corrected chi connectivity index (χ3v) is 4.44. The number of nitrogen functional groups attached to an aromatic ring is 1. The minimum Gasteiger partial charge on any atom is -0.383 e. The van der Waals surface area contributed by atoms with Crippen molar-refractivity contribution in [2.24, 2.45) is 5.73 Å². The van der Waals surface area contributed by atoms with Gasteiger partial charge in [0.05, 0.1) is 16.6 Å². The first kappa shape index (κ1) is 16.9. The molecule has 0 aromatic carbocycles. The molecule has 0 fully saturated rings. The van der Waals surface area contributed by atoms with Gasteiger partial charge >= 0.3 is 0 Å². The fraction of sp³-hybridized carbons (Fsp3) is 0.412. The number of hydrogen-bond donors (Lipinski definition) is 4. The van der Waals surface area contributed by atoms with Crippen molar-refractivity contribution in [3.05, 3.63) is 35.8 Å². The summed E-state index contributed by atoms with van der Waals surface area (Å²) in [5, 5.41) is 15.9. The van der Waals surface area contributed by atoms with Gasteiger partial charge in [0.1, 0.15) is 12.1 Å². The summed E-state index contributed by atoms with van der Waals surface area (Å²) in [5.41, 5.74) is 14.0. The van der Waals surface area contributed by atoms with Crippen molar-refractivity contribution >= 4 is 22.8 Å². The maximum atomic E-state index is 7.39. The predicted molar refractivity (Wildman–Crippen MR) is 99.2 cm³/mol. The number of anilines is 1. The van der Waals surface area contributed by atoms with E-state index in [1.165, 1.54) is 11.9 Å². The van der Waals surface area contributed by atoms with Gasteiger partial charge in [0.15, 0.2) is 11.6 Å². The van der Waals surface area contributed by atoms with Gasteiger partial charge in [-0.05, 0) is 27.2 Å². The van der Waals surface area contributed by atoms with E-state index in [0.29, 0.717) is 18.0 Å². The smallest absolute Gasteiger partial charge is 0.185 e. The molecule has 6 N–H and O–H groups in total. The van der Waals surface area contributed by atoms with Crippen LogP contribution in [0.25, 0.3) is 11.0 Å². The Morgan fingerprint density at radius 3 is 2.84 bits per heavy atom. The van der Waals surface area contributed by atoms with Gasteiger partial charge in [-0.3, -0.25) is 5.41 Å². The first-order valence-electron chi connectivity index (χ1n) is 8.22. The van der Waals surface area contributed by atoms with E-state index in [4.69, 9.17) is 22.0 Å². The molecule has 3 rings (SSSR count). The molecule has 0 aliphatic heterocycles. The quantitative estimate of drug-likeness (QED) is 0.494. The molecular formula is C17H24N8. The summed E-state index contributed by atoms with van der Waals surface area (Å²) in [4.78, 5) is 8.57. The van der Waals surface area contributed by atoms with Crippen molar-refractivity contribution in [3.8, 4) is 0 Å². The number of hydrogen-bond acceptors (Lipinski definition) is 5. The third-order valence-electron chi connectivity index (χ3n) is 4.44. The maximum absolute atomic E-state index is 7.39. The molecule has 1 atom stereocenters. The molecule has 0 bridgehead atoms. The molecule has 132 valence electrons. The van der Waals surface area contributed by atoms with Gasteiger partial charge in [0, 0.05) is 12.5 Å². The van der Waals surface area contributed by atoms with Gasteiger partial charge in [-0.1, -0.05) is 23.8 Å². The lowest BCUT2D eigenvalue weighted by Gasteiger charge is -2.26. The highest BCUT2D eigenvalue weighted by atomic mass is 15.4. The molecule has 0 radical (unpaired) electrons. The Labute approximate surface area is 146 Å². The standard InChI is InChI=1S/C17H24N8/c1-10-4-6-11(7-5-10)13-12-14(18)22-9-23-15(12)25(24-13)17(2,3)8-21-16(19)20/h4-6,9,11H,7-8H2,1-3H3,(H2,18,22,23)(H4,19,20,21). The fourth-order valence-electron chi connectivity index (χ4n) is 3.00. The molecule has 2 heterocycles. The lowest BCUT2D eigenvalue weighted by atomic mass is 9.93. The monoisotopic (exact) mass is 340 g/mol. The van der Waals surface area contributed by atoms with Crippen molar-refractivity contribution in [1.82, 2.24) is 25.1 Å². The first-order valence-corrected chi connectivity index (χ1v) is 8.22. The Kier molecular flexibility index (Phi) is 4.20. The van der Waals surface area contributed by atoms with Gasteiger partial charge in [0.25, 0.3) is 0 Å². The highest BCUT2D eigenvalue weighted by Crippen LogP contribution is 2.34. The summed E-state index contributed by atoms with van der Waals surface area (Å²) in [5.74, 6) is 0.494. The summed E-state index contributed by atoms with van der Waals surface area (Å²) in [6, 6.07) is 0. The van der Waals surface area contributed by atoms with Crippen LogP contribution in [0.4, 0.5) is 5.82 Å². The minimum atomic E-state index is -0.451. The molecule has 1 aliphatic rings. The lowest BCUT2D eigenvalue weighted by Crippen LogP contribution is -2.43. The van der Waals surface area contributed by atoms with Crippen LogP contribution in [0.2, 0.25) is 0 Å². The van der Waals surface area contributed by atoms with E-state index in [1.807, 2.05) is 18.5 Å². The van der Waals surface area contributed by atoms with E-state index < -0.39 is 5.54 Å². The predicted octanol–water partition coefficient (Wildman–Crippen LogP) is 1.62. The average Bonchev–Trinajstić information content (AvgIpc) is 2.96. The Morgan fingerprint density at radius 2 is 2.20 bits per heavy atom. The molecule has 2 aromatic rings. The first-order chi connectivity index (χ1) is 11.8. The van der Waals surface area contributed by atoms with Gasteiger partial charge in [-0.25, -0.2) is 14.6 Å². The number of rotatable bonds is 4. The van der Waals surface area contributed by atoms with Crippen LogP contribution in [0.1, 0.15) is 38.8 Å². The second-order valence-corrected chi connectivity index (χ2v) is 6.98. The van der Waals surface area contributed by atoms with Crippen LogP contribution in [0.15, 0.2) is 30.1 Å². The summed E-state index contributed by atoms with van der Waals surface area (Å²) in [6.45, 7) is 6.55. The van der Waals surface area contributed by atoms with Crippen molar-refractivity contribution < 1.29 is 0 Å². The molecular weight excluding hydrogens is 316 g/mol. The fourth-order valence-corrected chi connectivity index (χ4v) is 3.00. The molecule has 8 heteroatoms. The molecule has 25 heavy (non-hydrogen) atoms. The molecule has 1 aliphatic carbocycles. The zero-order chi connectivity index (χ0) is 18.2. The van der Waals surface area contributed by atoms with Crippen molar-refractivity contribution in [2.45, 2.75) is 38.6 Å². The van der Waals surface area contributed by atoms with Crippen LogP contribution in [0.5, 0.6) is 0 Å². The minimum absolute atomic E-state index is 0.0743. The Bertz CT molecular complexity index is 874. The Balaban J connectivity index is 2.10. The highest BCUT2D eigenvalue weighted by Gasteiger charge is 2.29. The zero-order valence-electron chi connectivity index (χ0n) is 14.7. The number of aromatic nitrogens is 4. The van der Waals surface area contributed by atoms with Crippen molar-refractivity contribution in [1.29, 1.82) is 5.41 Å². The van der Waals surface area contributed by atoms with E-state index in [1.54, 1.807) is 0 Å². The zero-order valence-corrected chi connectivity index (χ0v) is 14.7. The summed E-state index contributed by atoms with van der Waals surface area (Å²) in [7, 11) is 0. The van der Waals surface area contributed by atoms with Crippen LogP contribution >= 0.6 is 0 Å². The number of guanidine groups is 1. The van der Waals surface area contributed by atoms with Crippen LogP contribution in [0.3, 0.4) is 0 Å². The van der Waals surface area contributed by atoms with Gasteiger partial charge in [-0.15, -0.1) is 0 Å². The SMILES string of the molecule is CC1=CCC(c2nn(C(C)(C)CNC(=N)N)c3ncnc(N)c23)C=C1. The summed E-state index contributed by atoms with van der Waals surface area (Å²) < 4.78 is 1.85. The van der Waals surface area contributed by atoms with Crippen molar-refractivity contribution in [3.63, 3.8) is 0 Å². The van der Waals surface area contributed by atoms with E-state index in [2.05, 4.69) is 40.4 Å². The second-order valence-electron chi connectivity index (χ2n) is 6.98. The second kappa shape index (κ2) is 6.19. The lowest BCUT2D eigenvalue weighted by molar-refractivity contribution is 0.324. The van der Waals surface area contributed by atoms with Gasteiger partial charge in [0.2, 0.25) is 0 Å². The van der Waals surface area contributed by atoms with E-state index >= 15 is 0 Å². The molecule has 0 spiro atoms. The molecule has 2 aromatic heterocycles. The average molecular weight is 340 g/mol. The summed E-state index contributed by atoms with van der Waals surface area (Å²) >= 11 is 0. The molecule has 1 unspecified atom stereocenters. The van der Waals surface area contributed by atoms with Crippen LogP contribution in [0, 0.1) is 5.41 Å². The van der Waals surface area contributed by atoms with E-state index in [0.717, 1.165) is 17.5 Å².